The molecule has 8 rings (SSSR count). The first-order chi connectivity index (χ1) is 22.6. The lowest BCUT2D eigenvalue weighted by Crippen LogP contribution is -2.56. The maximum absolute atomic E-state index is 13.4. The highest BCUT2D eigenvalue weighted by Crippen LogP contribution is 2.77. The lowest BCUT2D eigenvalue weighted by Gasteiger charge is -2.62. The number of fused-ring (bicyclic) bond motifs is 2. The van der Waals surface area contributed by atoms with E-state index in [4.69, 9.17) is 9.47 Å². The van der Waals surface area contributed by atoms with Gasteiger partial charge in [-0.15, -0.1) is 0 Å². The molecule has 1 spiro atoms. The van der Waals surface area contributed by atoms with Crippen molar-refractivity contribution >= 4 is 11.6 Å². The average molecular weight is 649 g/mol. The van der Waals surface area contributed by atoms with Crippen molar-refractivity contribution in [3.63, 3.8) is 0 Å². The van der Waals surface area contributed by atoms with E-state index in [9.17, 15) is 9.59 Å². The highest BCUT2D eigenvalue weighted by molar-refractivity contribution is 5.99. The van der Waals surface area contributed by atoms with E-state index in [0.717, 1.165) is 36.3 Å². The van der Waals surface area contributed by atoms with E-state index in [1.54, 1.807) is 14.2 Å². The summed E-state index contributed by atoms with van der Waals surface area (Å²) in [6.45, 7) is 18.5. The lowest BCUT2D eigenvalue weighted by molar-refractivity contribution is -0.124. The third-order valence-corrected chi connectivity index (χ3v) is 15.2. The SMILES string of the molecule is COc1cc2c(cc1C)C13CC=CC(=O)C2C1(C)CCCC3(C)C.COc1ccc([C@@H]2C(=O)[C@H]3C=C[C@]34C(C)(C)CCC[C@]24C)cc1C. The fourth-order valence-corrected chi connectivity index (χ4v) is 13.0. The summed E-state index contributed by atoms with van der Waals surface area (Å²) in [6, 6.07) is 10.8. The predicted molar refractivity (Wildman–Crippen MR) is 193 cm³/mol. The molecule has 0 heterocycles. The molecule has 4 nitrogen and oxygen atoms in total. The Morgan fingerprint density at radius 1 is 0.729 bits per heavy atom. The molecule has 2 bridgehead atoms. The molecule has 0 radical (unpaired) electrons. The molecular weight excluding hydrogens is 592 g/mol. The van der Waals surface area contributed by atoms with Gasteiger partial charge in [0.25, 0.3) is 0 Å². The minimum Gasteiger partial charge on any atom is -0.496 e. The van der Waals surface area contributed by atoms with Gasteiger partial charge in [0.05, 0.1) is 20.1 Å². The third kappa shape index (κ3) is 3.89. The van der Waals surface area contributed by atoms with Crippen LogP contribution in [0.5, 0.6) is 11.5 Å². The molecule has 48 heavy (non-hydrogen) atoms. The van der Waals surface area contributed by atoms with Crippen LogP contribution in [0.4, 0.5) is 0 Å². The number of allylic oxidation sites excluding steroid dienone is 4. The van der Waals surface area contributed by atoms with Crippen molar-refractivity contribution in [2.75, 3.05) is 14.2 Å². The standard InChI is InChI=1S/2C22H28O2/c1-14-13-15(7-8-17(14)24-5)18-19(23)16-9-12-22(16)20(2,3)10-6-11-21(18,22)4;1-14-12-16-15(13-18(14)24-5)19-17(23)8-6-11-22(16)20(2,3)9-7-10-21(19,22)4/h7-9,12-13,16,18H,6,10-11H2,1-5H3;6,8,12-13,19H,7,9-11H2,1-5H3/t16-,18-,21-,22-;/m1./s1. The van der Waals surface area contributed by atoms with Gasteiger partial charge in [-0.3, -0.25) is 9.59 Å². The van der Waals surface area contributed by atoms with E-state index < -0.39 is 0 Å². The van der Waals surface area contributed by atoms with Crippen LogP contribution in [0.1, 0.15) is 126 Å². The fourth-order valence-electron chi connectivity index (χ4n) is 13.0. The van der Waals surface area contributed by atoms with Gasteiger partial charge in [-0.05, 0) is 114 Å². The summed E-state index contributed by atoms with van der Waals surface area (Å²) in [6.07, 6.45) is 16.6. The Morgan fingerprint density at radius 2 is 1.38 bits per heavy atom. The molecule has 0 saturated heterocycles. The van der Waals surface area contributed by atoms with E-state index in [2.05, 4.69) is 97.9 Å². The number of ketones is 2. The zero-order valence-corrected chi connectivity index (χ0v) is 31.0. The first-order valence-corrected chi connectivity index (χ1v) is 18.3. The summed E-state index contributed by atoms with van der Waals surface area (Å²) in [4.78, 5) is 26.5. The summed E-state index contributed by atoms with van der Waals surface area (Å²) < 4.78 is 11.0. The molecule has 3 saturated carbocycles. The van der Waals surface area contributed by atoms with E-state index in [1.165, 1.54) is 47.9 Å². The van der Waals surface area contributed by atoms with E-state index in [0.29, 0.717) is 5.78 Å². The molecule has 6 aliphatic rings. The number of ether oxygens (including phenoxy) is 2. The molecule has 2 aromatic rings. The summed E-state index contributed by atoms with van der Waals surface area (Å²) in [5.41, 5.74) is 6.56. The number of methoxy groups -OCH3 is 2. The Labute approximate surface area is 288 Å². The van der Waals surface area contributed by atoms with Gasteiger partial charge in [0.2, 0.25) is 0 Å². The van der Waals surface area contributed by atoms with Crippen molar-refractivity contribution in [1.29, 1.82) is 0 Å². The van der Waals surface area contributed by atoms with Crippen LogP contribution in [-0.2, 0) is 15.0 Å². The number of rotatable bonds is 3. The van der Waals surface area contributed by atoms with Gasteiger partial charge in [0, 0.05) is 22.7 Å². The first kappa shape index (κ1) is 33.4. The van der Waals surface area contributed by atoms with Crippen LogP contribution >= 0.6 is 0 Å². The second-order valence-electron chi connectivity index (χ2n) is 17.8. The number of hydrogen-bond donors (Lipinski definition) is 0. The Morgan fingerprint density at radius 3 is 2.00 bits per heavy atom. The van der Waals surface area contributed by atoms with Crippen LogP contribution < -0.4 is 9.47 Å². The van der Waals surface area contributed by atoms with E-state index >= 15 is 0 Å². The fraction of sp³-hybridized carbons (Fsp3) is 0.591. The van der Waals surface area contributed by atoms with Crippen LogP contribution in [0.2, 0.25) is 0 Å². The van der Waals surface area contributed by atoms with Gasteiger partial charge in [-0.1, -0.05) is 90.8 Å². The monoisotopic (exact) mass is 648 g/mol. The molecule has 0 aliphatic heterocycles. The number of carbonyl (C=O) groups is 2. The number of benzene rings is 2. The van der Waals surface area contributed by atoms with Gasteiger partial charge < -0.3 is 9.47 Å². The van der Waals surface area contributed by atoms with Crippen LogP contribution in [0.15, 0.2) is 54.6 Å². The van der Waals surface area contributed by atoms with Crippen LogP contribution in [0.3, 0.4) is 0 Å². The molecule has 3 fully saturated rings. The second kappa shape index (κ2) is 10.7. The van der Waals surface area contributed by atoms with Crippen molar-refractivity contribution < 1.29 is 19.1 Å². The van der Waals surface area contributed by atoms with E-state index in [1.807, 2.05) is 12.1 Å². The van der Waals surface area contributed by atoms with Crippen molar-refractivity contribution in [3.8, 4) is 11.5 Å². The lowest BCUT2D eigenvalue weighted by atomic mass is 9.41. The Balaban J connectivity index is 0.000000152. The molecule has 0 aromatic heterocycles. The summed E-state index contributed by atoms with van der Waals surface area (Å²) in [5.74, 6) is 2.59. The highest BCUT2D eigenvalue weighted by atomic mass is 16.5. The number of carbonyl (C=O) groups excluding carboxylic acids is 2. The van der Waals surface area contributed by atoms with Gasteiger partial charge in [-0.25, -0.2) is 0 Å². The Kier molecular flexibility index (Phi) is 7.42. The van der Waals surface area contributed by atoms with Crippen LogP contribution in [-0.4, -0.2) is 25.8 Å². The predicted octanol–water partition coefficient (Wildman–Crippen LogP) is 10.1. The van der Waals surface area contributed by atoms with Crippen molar-refractivity contribution in [2.45, 2.75) is 118 Å². The smallest absolute Gasteiger partial charge is 0.163 e. The first-order valence-electron chi connectivity index (χ1n) is 18.3. The van der Waals surface area contributed by atoms with Gasteiger partial charge in [-0.2, -0.15) is 0 Å². The van der Waals surface area contributed by atoms with Crippen molar-refractivity contribution in [3.05, 3.63) is 82.5 Å². The molecule has 4 heteroatoms. The quantitative estimate of drug-likeness (QED) is 0.311. The maximum atomic E-state index is 13.4. The zero-order chi connectivity index (χ0) is 34.7. The minimum absolute atomic E-state index is 0.00156. The van der Waals surface area contributed by atoms with Crippen molar-refractivity contribution in [2.24, 2.45) is 33.0 Å². The molecule has 7 atom stereocenters. The summed E-state index contributed by atoms with van der Waals surface area (Å²) >= 11 is 0. The topological polar surface area (TPSA) is 52.6 Å². The summed E-state index contributed by atoms with van der Waals surface area (Å²) in [5, 5.41) is 0. The molecule has 6 aliphatic carbocycles. The van der Waals surface area contributed by atoms with Crippen molar-refractivity contribution in [1.82, 2.24) is 0 Å². The van der Waals surface area contributed by atoms with Gasteiger partial charge in [0.15, 0.2) is 5.78 Å². The molecule has 3 unspecified atom stereocenters. The van der Waals surface area contributed by atoms with Crippen LogP contribution in [0, 0.1) is 46.8 Å². The van der Waals surface area contributed by atoms with Gasteiger partial charge >= 0.3 is 0 Å². The molecule has 256 valence electrons. The number of Topliss-reactive ketones (excluding diaryl/α,β-unsaturated/α-hetero) is 1. The average Bonchev–Trinajstić information content (AvgIpc) is 3.21. The largest absolute Gasteiger partial charge is 0.496 e. The number of hydrogen-bond acceptors (Lipinski definition) is 4. The minimum atomic E-state index is -0.0275. The van der Waals surface area contributed by atoms with Crippen LogP contribution in [0.25, 0.3) is 0 Å². The van der Waals surface area contributed by atoms with E-state index in [-0.39, 0.29) is 56.0 Å². The zero-order valence-electron chi connectivity index (χ0n) is 31.0. The normalized spacial score (nSPS) is 37.6. The highest BCUT2D eigenvalue weighted by Gasteiger charge is 2.74. The Bertz CT molecular complexity index is 1760. The Hall–Kier alpha value is -3.14. The molecule has 2 aromatic carbocycles. The molecular formula is C44H56O4. The molecule has 0 amide bonds. The third-order valence-electron chi connectivity index (χ3n) is 15.2. The second-order valence-corrected chi connectivity index (χ2v) is 17.8. The summed E-state index contributed by atoms with van der Waals surface area (Å²) in [7, 11) is 3.42. The van der Waals surface area contributed by atoms with Gasteiger partial charge in [0.1, 0.15) is 17.3 Å². The number of aryl methyl sites for hydroxylation is 2. The molecule has 0 N–H and O–H groups in total. The maximum Gasteiger partial charge on any atom is 0.163 e.